The van der Waals surface area contributed by atoms with E-state index in [9.17, 15) is 4.79 Å². The molecular formula is C10H13N5O2S2. The second-order valence-electron chi connectivity index (χ2n) is 3.78. The molecule has 1 atom stereocenters. The third-order valence-electron chi connectivity index (χ3n) is 2.43. The zero-order valence-corrected chi connectivity index (χ0v) is 12.1. The lowest BCUT2D eigenvalue weighted by Gasteiger charge is -2.09. The zero-order valence-electron chi connectivity index (χ0n) is 10.5. The Hall–Kier alpha value is -1.48. The van der Waals surface area contributed by atoms with E-state index in [2.05, 4.69) is 27.4 Å². The fraction of sp³-hybridized carbons (Fsp3) is 0.500. The Morgan fingerprint density at radius 1 is 1.63 bits per heavy atom. The second-order valence-corrected chi connectivity index (χ2v) is 5.87. The van der Waals surface area contributed by atoms with Crippen molar-refractivity contribution < 1.29 is 9.90 Å². The van der Waals surface area contributed by atoms with E-state index in [-0.39, 0.29) is 11.8 Å². The number of nitrogens with zero attached hydrogens (tertiary/aromatic N) is 5. The first-order valence-corrected chi connectivity index (χ1v) is 7.49. The van der Waals surface area contributed by atoms with Gasteiger partial charge in [-0.05, 0) is 23.8 Å². The van der Waals surface area contributed by atoms with Gasteiger partial charge in [0.2, 0.25) is 5.16 Å². The molecule has 2 aromatic rings. The molecule has 0 saturated carbocycles. The van der Waals surface area contributed by atoms with Crippen LogP contribution < -0.4 is 0 Å². The van der Waals surface area contributed by atoms with Crippen LogP contribution in [-0.2, 0) is 11.2 Å². The molecular weight excluding hydrogens is 286 g/mol. The van der Waals surface area contributed by atoms with Crippen LogP contribution in [0.2, 0.25) is 0 Å². The second kappa shape index (κ2) is 6.11. The van der Waals surface area contributed by atoms with Crippen molar-refractivity contribution in [1.29, 1.82) is 0 Å². The largest absolute Gasteiger partial charge is 0.481 e. The number of rotatable bonds is 6. The van der Waals surface area contributed by atoms with E-state index in [4.69, 9.17) is 5.11 Å². The van der Waals surface area contributed by atoms with Gasteiger partial charge < -0.3 is 5.11 Å². The Morgan fingerprint density at radius 2 is 2.42 bits per heavy atom. The summed E-state index contributed by atoms with van der Waals surface area (Å²) in [6.45, 7) is 4.02. The quantitative estimate of drug-likeness (QED) is 0.807. The van der Waals surface area contributed by atoms with Crippen molar-refractivity contribution in [2.75, 3.05) is 5.75 Å². The first kappa shape index (κ1) is 13.9. The number of aliphatic carboxylic acids is 1. The summed E-state index contributed by atoms with van der Waals surface area (Å²) < 4.78 is 1.60. The molecule has 1 N–H and O–H groups in total. The van der Waals surface area contributed by atoms with Gasteiger partial charge >= 0.3 is 5.97 Å². The van der Waals surface area contributed by atoms with Crippen LogP contribution in [0.15, 0.2) is 11.4 Å². The number of carboxylic acids is 1. The molecule has 2 heterocycles. The monoisotopic (exact) mass is 299 g/mol. The van der Waals surface area contributed by atoms with Gasteiger partial charge in [0.1, 0.15) is 11.0 Å². The minimum atomic E-state index is -0.894. The highest BCUT2D eigenvalue weighted by molar-refractivity contribution is 7.99. The fourth-order valence-electron chi connectivity index (χ4n) is 1.43. The molecule has 0 fully saturated rings. The van der Waals surface area contributed by atoms with E-state index >= 15 is 0 Å². The number of aromatic nitrogens is 5. The van der Waals surface area contributed by atoms with Crippen LogP contribution >= 0.6 is 23.1 Å². The third kappa shape index (κ3) is 3.29. The number of tetrazole rings is 1. The number of aryl methyl sites for hydroxylation is 1. The summed E-state index contributed by atoms with van der Waals surface area (Å²) in [6.07, 6.45) is 2.80. The molecule has 9 heteroatoms. The lowest BCUT2D eigenvalue weighted by Crippen LogP contribution is -2.11. The topological polar surface area (TPSA) is 93.8 Å². The molecule has 7 nitrogen and oxygen atoms in total. The minimum absolute atomic E-state index is 0.0643. The maximum absolute atomic E-state index is 10.6. The van der Waals surface area contributed by atoms with E-state index in [1.165, 1.54) is 4.88 Å². The molecule has 0 saturated heterocycles. The van der Waals surface area contributed by atoms with Gasteiger partial charge in [0.25, 0.3) is 0 Å². The Labute approximate surface area is 118 Å². The lowest BCUT2D eigenvalue weighted by atomic mass is 10.4. The summed E-state index contributed by atoms with van der Waals surface area (Å²) in [4.78, 5) is 16.1. The number of thiazole rings is 1. The molecule has 19 heavy (non-hydrogen) atoms. The Kier molecular flexibility index (Phi) is 4.48. The molecule has 0 aliphatic rings. The standard InChI is InChI=1S/C10H13N5O2S2/c1-3-7-4-11-9(19-7)6(2)15-10(12-13-14-15)18-5-8(16)17/h4,6H,3,5H2,1-2H3,(H,16,17). The van der Waals surface area contributed by atoms with Crippen LogP contribution in [0.3, 0.4) is 0 Å². The Morgan fingerprint density at radius 3 is 3.05 bits per heavy atom. The summed E-state index contributed by atoms with van der Waals surface area (Å²) in [7, 11) is 0. The van der Waals surface area contributed by atoms with Gasteiger partial charge in [-0.15, -0.1) is 16.4 Å². The van der Waals surface area contributed by atoms with Crippen molar-refractivity contribution >= 4 is 29.1 Å². The SMILES string of the molecule is CCc1cnc(C(C)n2nnnc2SCC(=O)O)s1. The van der Waals surface area contributed by atoms with Crippen LogP contribution in [0.5, 0.6) is 0 Å². The van der Waals surface area contributed by atoms with Gasteiger partial charge in [0.15, 0.2) is 0 Å². The summed E-state index contributed by atoms with van der Waals surface area (Å²) in [5.41, 5.74) is 0. The van der Waals surface area contributed by atoms with Crippen LogP contribution in [0.4, 0.5) is 0 Å². The normalized spacial score (nSPS) is 12.5. The average molecular weight is 299 g/mol. The molecule has 2 rings (SSSR count). The predicted octanol–water partition coefficient (Wildman–Crippen LogP) is 1.48. The van der Waals surface area contributed by atoms with Crippen molar-refractivity contribution in [1.82, 2.24) is 25.2 Å². The number of hydrogen-bond donors (Lipinski definition) is 1. The Bertz CT molecular complexity index is 568. The number of hydrogen-bond acceptors (Lipinski definition) is 7. The van der Waals surface area contributed by atoms with Crippen molar-refractivity contribution in [3.63, 3.8) is 0 Å². The molecule has 1 unspecified atom stereocenters. The smallest absolute Gasteiger partial charge is 0.313 e. The first-order chi connectivity index (χ1) is 9.11. The van der Waals surface area contributed by atoms with Crippen LogP contribution in [0.25, 0.3) is 0 Å². The average Bonchev–Trinajstić information content (AvgIpc) is 3.04. The first-order valence-electron chi connectivity index (χ1n) is 5.68. The van der Waals surface area contributed by atoms with Gasteiger partial charge in [-0.1, -0.05) is 18.7 Å². The van der Waals surface area contributed by atoms with Crippen molar-refractivity contribution in [3.8, 4) is 0 Å². The maximum Gasteiger partial charge on any atom is 0.313 e. The van der Waals surface area contributed by atoms with E-state index in [0.717, 1.165) is 23.2 Å². The van der Waals surface area contributed by atoms with Crippen molar-refractivity contribution in [2.24, 2.45) is 0 Å². The molecule has 0 radical (unpaired) electrons. The molecule has 2 aromatic heterocycles. The lowest BCUT2D eigenvalue weighted by molar-refractivity contribution is -0.133. The number of carbonyl (C=O) groups is 1. The molecule has 0 amide bonds. The van der Waals surface area contributed by atoms with Gasteiger partial charge in [0, 0.05) is 11.1 Å². The summed E-state index contributed by atoms with van der Waals surface area (Å²) in [6, 6.07) is -0.100. The molecule has 102 valence electrons. The summed E-state index contributed by atoms with van der Waals surface area (Å²) in [5, 5.41) is 21.4. The highest BCUT2D eigenvalue weighted by atomic mass is 32.2. The van der Waals surface area contributed by atoms with Crippen LogP contribution in [0.1, 0.15) is 29.8 Å². The van der Waals surface area contributed by atoms with E-state index in [0.29, 0.717) is 5.16 Å². The predicted molar refractivity (Wildman–Crippen MR) is 71.5 cm³/mol. The van der Waals surface area contributed by atoms with E-state index in [1.807, 2.05) is 13.1 Å². The van der Waals surface area contributed by atoms with Gasteiger partial charge in [-0.3, -0.25) is 4.79 Å². The van der Waals surface area contributed by atoms with Crippen molar-refractivity contribution in [3.05, 3.63) is 16.1 Å². The van der Waals surface area contributed by atoms with Gasteiger partial charge in [-0.2, -0.15) is 0 Å². The van der Waals surface area contributed by atoms with E-state index < -0.39 is 5.97 Å². The summed E-state index contributed by atoms with van der Waals surface area (Å²) in [5.74, 6) is -0.958. The minimum Gasteiger partial charge on any atom is -0.481 e. The molecule has 0 spiro atoms. The van der Waals surface area contributed by atoms with Crippen LogP contribution in [-0.4, -0.2) is 42.0 Å². The highest BCUT2D eigenvalue weighted by Crippen LogP contribution is 2.26. The molecule has 0 aliphatic heterocycles. The van der Waals surface area contributed by atoms with Crippen molar-refractivity contribution in [2.45, 2.75) is 31.5 Å². The number of thioether (sulfide) groups is 1. The summed E-state index contributed by atoms with van der Waals surface area (Å²) >= 11 is 2.72. The molecule has 0 aromatic carbocycles. The highest BCUT2D eigenvalue weighted by Gasteiger charge is 2.18. The molecule has 0 bridgehead atoms. The molecule has 0 aliphatic carbocycles. The van der Waals surface area contributed by atoms with Crippen LogP contribution in [0, 0.1) is 0 Å². The van der Waals surface area contributed by atoms with E-state index in [1.54, 1.807) is 16.0 Å². The maximum atomic E-state index is 10.6. The van der Waals surface area contributed by atoms with Gasteiger partial charge in [-0.25, -0.2) is 9.67 Å². The van der Waals surface area contributed by atoms with Gasteiger partial charge in [0.05, 0.1) is 5.75 Å². The fourth-order valence-corrected chi connectivity index (χ4v) is 3.00. The number of carboxylic acid groups (broad SMARTS) is 1. The third-order valence-corrected chi connectivity index (χ3v) is 4.66. The Balaban J connectivity index is 2.16. The zero-order chi connectivity index (χ0) is 13.8.